The van der Waals surface area contributed by atoms with Gasteiger partial charge in [-0.05, 0) is 35.7 Å². The number of benzene rings is 3. The standard InChI is InChI=1S/C22H19NO/c1-17-7-9-19(10-8-17)22(15-23)20-11-13-21(14-12-20)24-16-18-5-3-2-4-6-18/h2-14,22H,16H2,1H3. The van der Waals surface area contributed by atoms with Crippen molar-refractivity contribution in [1.29, 1.82) is 5.26 Å². The predicted molar refractivity (Wildman–Crippen MR) is 95.9 cm³/mol. The third-order valence-electron chi connectivity index (χ3n) is 4.00. The molecule has 2 nitrogen and oxygen atoms in total. The van der Waals surface area contributed by atoms with Crippen LogP contribution in [0.2, 0.25) is 0 Å². The van der Waals surface area contributed by atoms with E-state index in [1.807, 2.05) is 85.8 Å². The number of nitrogens with zero attached hydrogens (tertiary/aromatic N) is 1. The molecular weight excluding hydrogens is 294 g/mol. The van der Waals surface area contributed by atoms with Crippen LogP contribution < -0.4 is 4.74 Å². The number of ether oxygens (including phenoxy) is 1. The second kappa shape index (κ2) is 7.48. The van der Waals surface area contributed by atoms with Crippen LogP contribution in [0, 0.1) is 18.3 Å². The molecule has 24 heavy (non-hydrogen) atoms. The topological polar surface area (TPSA) is 33.0 Å². The minimum Gasteiger partial charge on any atom is -0.489 e. The van der Waals surface area contributed by atoms with Gasteiger partial charge in [0.25, 0.3) is 0 Å². The Morgan fingerprint density at radius 3 is 2.00 bits per heavy atom. The van der Waals surface area contributed by atoms with Crippen molar-refractivity contribution in [3.05, 3.63) is 101 Å². The van der Waals surface area contributed by atoms with E-state index in [9.17, 15) is 5.26 Å². The average Bonchev–Trinajstić information content (AvgIpc) is 2.64. The largest absolute Gasteiger partial charge is 0.489 e. The molecule has 0 radical (unpaired) electrons. The summed E-state index contributed by atoms with van der Waals surface area (Å²) in [7, 11) is 0. The van der Waals surface area contributed by atoms with Crippen LogP contribution in [0.5, 0.6) is 5.75 Å². The quantitative estimate of drug-likeness (QED) is 0.646. The molecule has 2 heteroatoms. The van der Waals surface area contributed by atoms with E-state index in [-0.39, 0.29) is 5.92 Å². The first kappa shape index (κ1) is 15.8. The van der Waals surface area contributed by atoms with E-state index in [1.54, 1.807) is 0 Å². The maximum atomic E-state index is 9.54. The van der Waals surface area contributed by atoms with Gasteiger partial charge in [-0.2, -0.15) is 5.26 Å². The summed E-state index contributed by atoms with van der Waals surface area (Å²) in [5.74, 6) is 0.553. The van der Waals surface area contributed by atoms with E-state index in [2.05, 4.69) is 6.07 Å². The molecule has 0 saturated heterocycles. The highest BCUT2D eigenvalue weighted by atomic mass is 16.5. The molecule has 1 atom stereocenters. The van der Waals surface area contributed by atoms with E-state index < -0.39 is 0 Å². The lowest BCUT2D eigenvalue weighted by Gasteiger charge is -2.12. The summed E-state index contributed by atoms with van der Waals surface area (Å²) in [5, 5.41) is 9.54. The Morgan fingerprint density at radius 1 is 0.833 bits per heavy atom. The van der Waals surface area contributed by atoms with Gasteiger partial charge in [0.05, 0.1) is 12.0 Å². The highest BCUT2D eigenvalue weighted by Gasteiger charge is 2.13. The Labute approximate surface area is 143 Å². The normalized spacial score (nSPS) is 11.5. The Bertz CT molecular complexity index is 815. The molecule has 0 aliphatic rings. The molecule has 0 fully saturated rings. The summed E-state index contributed by atoms with van der Waals surface area (Å²) in [6.07, 6.45) is 0. The highest BCUT2D eigenvalue weighted by molar-refractivity contribution is 5.41. The van der Waals surface area contributed by atoms with Crippen LogP contribution in [0.4, 0.5) is 0 Å². The zero-order valence-electron chi connectivity index (χ0n) is 13.6. The van der Waals surface area contributed by atoms with Crippen LogP contribution in [-0.2, 0) is 6.61 Å². The van der Waals surface area contributed by atoms with Crippen LogP contribution in [-0.4, -0.2) is 0 Å². The number of hydrogen-bond donors (Lipinski definition) is 0. The summed E-state index contributed by atoms with van der Waals surface area (Å²) in [5.41, 5.74) is 4.32. The van der Waals surface area contributed by atoms with Crippen LogP contribution >= 0.6 is 0 Å². The lowest BCUT2D eigenvalue weighted by Crippen LogP contribution is -1.99. The first-order valence-electron chi connectivity index (χ1n) is 7.99. The number of aryl methyl sites for hydroxylation is 1. The van der Waals surface area contributed by atoms with Gasteiger partial charge < -0.3 is 4.74 Å². The molecule has 0 amide bonds. The van der Waals surface area contributed by atoms with Crippen molar-refractivity contribution in [2.75, 3.05) is 0 Å². The van der Waals surface area contributed by atoms with Crippen LogP contribution in [0.3, 0.4) is 0 Å². The number of nitriles is 1. The minimum absolute atomic E-state index is 0.256. The molecule has 0 bridgehead atoms. The molecule has 0 aliphatic carbocycles. The Morgan fingerprint density at radius 2 is 1.42 bits per heavy atom. The summed E-state index contributed by atoms with van der Waals surface area (Å²) in [6.45, 7) is 2.59. The van der Waals surface area contributed by atoms with Gasteiger partial charge in [0, 0.05) is 0 Å². The minimum atomic E-state index is -0.256. The molecule has 1 unspecified atom stereocenters. The van der Waals surface area contributed by atoms with Gasteiger partial charge >= 0.3 is 0 Å². The lowest BCUT2D eigenvalue weighted by molar-refractivity contribution is 0.306. The van der Waals surface area contributed by atoms with Crippen molar-refractivity contribution in [1.82, 2.24) is 0 Å². The van der Waals surface area contributed by atoms with Crippen LogP contribution in [0.25, 0.3) is 0 Å². The Kier molecular flexibility index (Phi) is 4.93. The monoisotopic (exact) mass is 313 g/mol. The van der Waals surface area contributed by atoms with Gasteiger partial charge in [-0.1, -0.05) is 72.3 Å². The average molecular weight is 313 g/mol. The van der Waals surface area contributed by atoms with Crippen molar-refractivity contribution in [2.45, 2.75) is 19.4 Å². The molecule has 0 heterocycles. The fourth-order valence-corrected chi connectivity index (χ4v) is 2.60. The second-order valence-electron chi connectivity index (χ2n) is 5.82. The lowest BCUT2D eigenvalue weighted by atomic mass is 9.92. The zero-order chi connectivity index (χ0) is 16.8. The second-order valence-corrected chi connectivity index (χ2v) is 5.82. The van der Waals surface area contributed by atoms with Gasteiger partial charge in [0.2, 0.25) is 0 Å². The molecule has 0 aromatic heterocycles. The molecule has 0 N–H and O–H groups in total. The van der Waals surface area contributed by atoms with Crippen molar-refractivity contribution >= 4 is 0 Å². The van der Waals surface area contributed by atoms with E-state index in [1.165, 1.54) is 5.56 Å². The zero-order valence-corrected chi connectivity index (χ0v) is 13.6. The van der Waals surface area contributed by atoms with Crippen molar-refractivity contribution in [2.24, 2.45) is 0 Å². The predicted octanol–water partition coefficient (Wildman–Crippen LogP) is 5.23. The first-order chi connectivity index (χ1) is 11.8. The van der Waals surface area contributed by atoms with Gasteiger partial charge in [-0.3, -0.25) is 0 Å². The van der Waals surface area contributed by atoms with Crippen LogP contribution in [0.15, 0.2) is 78.9 Å². The van der Waals surface area contributed by atoms with E-state index in [0.717, 1.165) is 22.4 Å². The van der Waals surface area contributed by atoms with Gasteiger partial charge in [0.15, 0.2) is 0 Å². The van der Waals surface area contributed by atoms with Gasteiger partial charge in [-0.15, -0.1) is 0 Å². The molecule has 3 rings (SSSR count). The summed E-state index contributed by atoms with van der Waals surface area (Å²) in [4.78, 5) is 0. The van der Waals surface area contributed by atoms with E-state index in [0.29, 0.717) is 6.61 Å². The maximum absolute atomic E-state index is 9.54. The van der Waals surface area contributed by atoms with Crippen molar-refractivity contribution in [3.63, 3.8) is 0 Å². The van der Waals surface area contributed by atoms with Gasteiger partial charge in [0.1, 0.15) is 12.4 Å². The molecule has 3 aromatic carbocycles. The first-order valence-corrected chi connectivity index (χ1v) is 7.99. The summed E-state index contributed by atoms with van der Waals surface area (Å²) >= 11 is 0. The van der Waals surface area contributed by atoms with E-state index in [4.69, 9.17) is 4.74 Å². The highest BCUT2D eigenvalue weighted by Crippen LogP contribution is 2.26. The third kappa shape index (κ3) is 3.83. The third-order valence-corrected chi connectivity index (χ3v) is 4.00. The molecule has 118 valence electrons. The van der Waals surface area contributed by atoms with Crippen LogP contribution in [0.1, 0.15) is 28.2 Å². The molecule has 0 spiro atoms. The molecule has 3 aromatic rings. The van der Waals surface area contributed by atoms with E-state index >= 15 is 0 Å². The Hall–Kier alpha value is -3.05. The summed E-state index contributed by atoms with van der Waals surface area (Å²) < 4.78 is 5.80. The number of rotatable bonds is 5. The van der Waals surface area contributed by atoms with Crippen molar-refractivity contribution in [3.8, 4) is 11.8 Å². The smallest absolute Gasteiger partial charge is 0.119 e. The SMILES string of the molecule is Cc1ccc(C(C#N)c2ccc(OCc3ccccc3)cc2)cc1. The fraction of sp³-hybridized carbons (Fsp3) is 0.136. The fourth-order valence-electron chi connectivity index (χ4n) is 2.60. The molecular formula is C22H19NO. The van der Waals surface area contributed by atoms with Gasteiger partial charge in [-0.25, -0.2) is 0 Å². The maximum Gasteiger partial charge on any atom is 0.119 e. The summed E-state index contributed by atoms with van der Waals surface area (Å²) in [6, 6.07) is 28.4. The van der Waals surface area contributed by atoms with Crippen molar-refractivity contribution < 1.29 is 4.74 Å². The number of hydrogen-bond acceptors (Lipinski definition) is 2. The Balaban J connectivity index is 1.71. The molecule has 0 aliphatic heterocycles. The molecule has 0 saturated carbocycles.